The third kappa shape index (κ3) is 5.01. The summed E-state index contributed by atoms with van der Waals surface area (Å²) in [6, 6.07) is 18.9. The molecule has 25 heavy (non-hydrogen) atoms. The molecule has 0 unspecified atom stereocenters. The van der Waals surface area contributed by atoms with Crippen molar-refractivity contribution in [3.8, 4) is 17.6 Å². The van der Waals surface area contributed by atoms with E-state index in [0.29, 0.717) is 11.4 Å². The SMILES string of the molecule is CCC.N#Cc1c(Nc2ccc(Oc3ccccc3)cc2)n[nH]c1N. The first-order valence-electron chi connectivity index (χ1n) is 8.01. The second kappa shape index (κ2) is 8.99. The topological polar surface area (TPSA) is 99.7 Å². The van der Waals surface area contributed by atoms with Crippen molar-refractivity contribution in [3.63, 3.8) is 0 Å². The van der Waals surface area contributed by atoms with E-state index in [-0.39, 0.29) is 5.82 Å². The zero-order chi connectivity index (χ0) is 18.1. The zero-order valence-corrected chi connectivity index (χ0v) is 14.3. The average molecular weight is 335 g/mol. The maximum absolute atomic E-state index is 9.02. The summed E-state index contributed by atoms with van der Waals surface area (Å²) in [7, 11) is 0. The fourth-order valence-electron chi connectivity index (χ4n) is 1.93. The van der Waals surface area contributed by atoms with Crippen LogP contribution in [-0.2, 0) is 0 Å². The number of ether oxygens (including phenoxy) is 1. The van der Waals surface area contributed by atoms with Crippen LogP contribution in [0.1, 0.15) is 25.8 Å². The van der Waals surface area contributed by atoms with E-state index in [4.69, 9.17) is 15.7 Å². The van der Waals surface area contributed by atoms with Crippen LogP contribution in [0.15, 0.2) is 54.6 Å². The minimum atomic E-state index is 0.244. The number of hydrogen-bond acceptors (Lipinski definition) is 5. The molecule has 6 heteroatoms. The monoisotopic (exact) mass is 335 g/mol. The van der Waals surface area contributed by atoms with Gasteiger partial charge in [-0.05, 0) is 36.4 Å². The van der Waals surface area contributed by atoms with Gasteiger partial charge in [0, 0.05) is 5.69 Å². The summed E-state index contributed by atoms with van der Waals surface area (Å²) < 4.78 is 5.71. The highest BCUT2D eigenvalue weighted by molar-refractivity contribution is 5.69. The summed E-state index contributed by atoms with van der Waals surface area (Å²) in [5.74, 6) is 2.14. The molecule has 6 nitrogen and oxygen atoms in total. The fraction of sp³-hybridized carbons (Fsp3) is 0.158. The van der Waals surface area contributed by atoms with Crippen LogP contribution in [0.25, 0.3) is 0 Å². The third-order valence-electron chi connectivity index (χ3n) is 3.00. The van der Waals surface area contributed by atoms with Crippen LogP contribution in [0.3, 0.4) is 0 Å². The van der Waals surface area contributed by atoms with Crippen molar-refractivity contribution >= 4 is 17.3 Å². The largest absolute Gasteiger partial charge is 0.457 e. The first-order valence-corrected chi connectivity index (χ1v) is 8.01. The number of aromatic nitrogens is 2. The maximum atomic E-state index is 9.02. The molecular weight excluding hydrogens is 314 g/mol. The van der Waals surface area contributed by atoms with Gasteiger partial charge in [0.2, 0.25) is 0 Å². The van der Waals surface area contributed by atoms with E-state index >= 15 is 0 Å². The van der Waals surface area contributed by atoms with Crippen molar-refractivity contribution in [1.29, 1.82) is 5.26 Å². The molecular formula is C19H21N5O. The molecule has 0 saturated carbocycles. The standard InChI is InChI=1S/C16H13N5O.C3H8/c17-10-14-15(18)20-21-16(14)19-11-6-8-13(9-7-11)22-12-4-2-1-3-5-12;1-3-2/h1-9H,(H4,18,19,20,21);3H2,1-2H3. The molecule has 3 rings (SSSR count). The van der Waals surface area contributed by atoms with E-state index < -0.39 is 0 Å². The molecule has 128 valence electrons. The molecule has 0 bridgehead atoms. The normalized spacial score (nSPS) is 9.48. The van der Waals surface area contributed by atoms with Crippen LogP contribution in [0, 0.1) is 11.3 Å². The van der Waals surface area contributed by atoms with Crippen molar-refractivity contribution in [2.45, 2.75) is 20.3 Å². The first-order chi connectivity index (χ1) is 12.2. The van der Waals surface area contributed by atoms with Crippen LogP contribution in [0.4, 0.5) is 17.3 Å². The van der Waals surface area contributed by atoms with Gasteiger partial charge in [-0.2, -0.15) is 10.4 Å². The van der Waals surface area contributed by atoms with Gasteiger partial charge in [-0.3, -0.25) is 5.10 Å². The lowest BCUT2D eigenvalue weighted by atomic mass is 10.2. The van der Waals surface area contributed by atoms with E-state index in [1.54, 1.807) is 0 Å². The molecule has 1 aromatic heterocycles. The summed E-state index contributed by atoms with van der Waals surface area (Å²) >= 11 is 0. The van der Waals surface area contributed by atoms with Crippen molar-refractivity contribution in [3.05, 3.63) is 60.2 Å². The maximum Gasteiger partial charge on any atom is 0.172 e. The Labute approximate surface area is 147 Å². The van der Waals surface area contributed by atoms with Crippen LogP contribution < -0.4 is 15.8 Å². The highest BCUT2D eigenvalue weighted by atomic mass is 16.5. The van der Waals surface area contributed by atoms with Crippen molar-refractivity contribution in [2.24, 2.45) is 0 Å². The molecule has 1 heterocycles. The van der Waals surface area contributed by atoms with E-state index in [1.165, 1.54) is 6.42 Å². The highest BCUT2D eigenvalue weighted by Crippen LogP contribution is 2.25. The Morgan fingerprint density at radius 3 is 2.28 bits per heavy atom. The number of H-pyrrole nitrogens is 1. The molecule has 0 saturated heterocycles. The molecule has 4 N–H and O–H groups in total. The molecule has 0 aliphatic carbocycles. The van der Waals surface area contributed by atoms with Gasteiger partial charge < -0.3 is 15.8 Å². The number of aromatic amines is 1. The number of anilines is 3. The number of para-hydroxylation sites is 1. The predicted octanol–water partition coefficient (Wildman–Crippen LogP) is 4.82. The fourth-order valence-corrected chi connectivity index (χ4v) is 1.93. The smallest absolute Gasteiger partial charge is 0.172 e. The van der Waals surface area contributed by atoms with Crippen LogP contribution in [0.2, 0.25) is 0 Å². The number of nitrogens with two attached hydrogens (primary N) is 1. The molecule has 0 atom stereocenters. The van der Waals surface area contributed by atoms with E-state index in [2.05, 4.69) is 29.4 Å². The lowest BCUT2D eigenvalue weighted by Crippen LogP contribution is -1.94. The average Bonchev–Trinajstić information content (AvgIpc) is 2.98. The molecule has 0 fully saturated rings. The van der Waals surface area contributed by atoms with E-state index in [0.717, 1.165) is 17.2 Å². The zero-order valence-electron chi connectivity index (χ0n) is 14.3. The Bertz CT molecular complexity index is 819. The number of nitrogens with zero attached hydrogens (tertiary/aromatic N) is 2. The van der Waals surface area contributed by atoms with Gasteiger partial charge in [0.1, 0.15) is 28.9 Å². The molecule has 0 radical (unpaired) electrons. The van der Waals surface area contributed by atoms with Gasteiger partial charge in [0.05, 0.1) is 0 Å². The number of hydrogen-bond donors (Lipinski definition) is 3. The quantitative estimate of drug-likeness (QED) is 0.635. The number of nitriles is 1. The summed E-state index contributed by atoms with van der Waals surface area (Å²) in [4.78, 5) is 0. The minimum Gasteiger partial charge on any atom is -0.457 e. The molecule has 0 aliphatic rings. The number of nitrogen functional groups attached to an aromatic ring is 1. The van der Waals surface area contributed by atoms with Gasteiger partial charge in [-0.15, -0.1) is 0 Å². The number of benzene rings is 2. The van der Waals surface area contributed by atoms with Crippen molar-refractivity contribution < 1.29 is 4.74 Å². The Balaban J connectivity index is 0.000000701. The Kier molecular flexibility index (Phi) is 6.43. The lowest BCUT2D eigenvalue weighted by molar-refractivity contribution is 0.483. The predicted molar refractivity (Wildman–Crippen MR) is 99.9 cm³/mol. The van der Waals surface area contributed by atoms with Gasteiger partial charge in [0.25, 0.3) is 0 Å². The van der Waals surface area contributed by atoms with Gasteiger partial charge in [-0.25, -0.2) is 0 Å². The van der Waals surface area contributed by atoms with E-state index in [1.807, 2.05) is 60.7 Å². The molecule has 0 aliphatic heterocycles. The highest BCUT2D eigenvalue weighted by Gasteiger charge is 2.10. The summed E-state index contributed by atoms with van der Waals surface area (Å²) in [6.07, 6.45) is 1.25. The molecule has 3 aromatic rings. The first kappa shape index (κ1) is 17.9. The van der Waals surface area contributed by atoms with E-state index in [9.17, 15) is 0 Å². The van der Waals surface area contributed by atoms with Gasteiger partial charge in [0.15, 0.2) is 5.82 Å². The lowest BCUT2D eigenvalue weighted by Gasteiger charge is -2.07. The second-order valence-corrected chi connectivity index (χ2v) is 5.24. The Morgan fingerprint density at radius 2 is 1.68 bits per heavy atom. The van der Waals surface area contributed by atoms with Gasteiger partial charge in [-0.1, -0.05) is 38.5 Å². The summed E-state index contributed by atoms with van der Waals surface area (Å²) in [6.45, 7) is 4.25. The van der Waals surface area contributed by atoms with Crippen LogP contribution in [-0.4, -0.2) is 10.2 Å². The summed E-state index contributed by atoms with van der Waals surface area (Å²) in [5.41, 5.74) is 6.69. The number of nitrogens with one attached hydrogen (secondary N) is 2. The molecule has 0 amide bonds. The molecule has 2 aromatic carbocycles. The third-order valence-corrected chi connectivity index (χ3v) is 3.00. The van der Waals surface area contributed by atoms with Crippen LogP contribution in [0.5, 0.6) is 11.5 Å². The molecule has 0 spiro atoms. The summed E-state index contributed by atoms with van der Waals surface area (Å²) in [5, 5.41) is 18.6. The van der Waals surface area contributed by atoms with Gasteiger partial charge >= 0.3 is 0 Å². The van der Waals surface area contributed by atoms with Crippen molar-refractivity contribution in [1.82, 2.24) is 10.2 Å². The Hall–Kier alpha value is -3.46. The van der Waals surface area contributed by atoms with Crippen molar-refractivity contribution in [2.75, 3.05) is 11.1 Å². The number of rotatable bonds is 4. The second-order valence-electron chi connectivity index (χ2n) is 5.24. The minimum absolute atomic E-state index is 0.244. The van der Waals surface area contributed by atoms with Crippen LogP contribution >= 0.6 is 0 Å². The Morgan fingerprint density at radius 1 is 1.08 bits per heavy atom.